The summed E-state index contributed by atoms with van der Waals surface area (Å²) in [5, 5.41) is 21.5. The molecule has 0 spiro atoms. The van der Waals surface area contributed by atoms with Gasteiger partial charge in [-0.15, -0.1) is 11.3 Å². The van der Waals surface area contributed by atoms with Crippen LogP contribution in [0.1, 0.15) is 16.7 Å². The summed E-state index contributed by atoms with van der Waals surface area (Å²) in [6.07, 6.45) is 0. The maximum Gasteiger partial charge on any atom is 0.289 e. The van der Waals surface area contributed by atoms with Crippen molar-refractivity contribution in [1.29, 1.82) is 10.5 Å². The van der Waals surface area contributed by atoms with Crippen LogP contribution in [0.4, 0.5) is 10.2 Å². The van der Waals surface area contributed by atoms with Crippen LogP contribution in [0.2, 0.25) is 0 Å². The Morgan fingerprint density at radius 1 is 1.16 bits per heavy atom. The number of H-pyrrole nitrogens is 1. The molecule has 0 saturated carbocycles. The minimum absolute atomic E-state index is 0.214. The number of nitriles is 2. The molecule has 25 heavy (non-hydrogen) atoms. The van der Waals surface area contributed by atoms with E-state index in [-0.39, 0.29) is 17.2 Å². The van der Waals surface area contributed by atoms with Gasteiger partial charge < -0.3 is 0 Å². The van der Waals surface area contributed by atoms with Gasteiger partial charge in [0.25, 0.3) is 5.82 Å². The average molecular weight is 367 g/mol. The largest absolute Gasteiger partial charge is 0.289 e. The fourth-order valence-corrected chi connectivity index (χ4v) is 4.15. The van der Waals surface area contributed by atoms with Crippen LogP contribution in [-0.2, 0) is 5.75 Å². The molecule has 0 bridgehead atoms. The zero-order valence-corrected chi connectivity index (χ0v) is 14.5. The zero-order chi connectivity index (χ0) is 17.8. The molecule has 0 aliphatic rings. The van der Waals surface area contributed by atoms with Crippen LogP contribution in [0.5, 0.6) is 0 Å². The van der Waals surface area contributed by atoms with E-state index in [2.05, 4.69) is 17.1 Å². The van der Waals surface area contributed by atoms with Gasteiger partial charge in [-0.1, -0.05) is 30.0 Å². The maximum atomic E-state index is 13.3. The Kier molecular flexibility index (Phi) is 4.99. The number of hydrogen-bond donors (Lipinski definition) is 1. The van der Waals surface area contributed by atoms with Gasteiger partial charge in [0.1, 0.15) is 23.5 Å². The number of hydrogen-bond acceptors (Lipinski definition) is 5. The molecule has 3 rings (SSSR count). The summed E-state index contributed by atoms with van der Waals surface area (Å²) in [6.45, 7) is 0. The molecular weight excluding hydrogens is 355 g/mol. The number of nitrogens with two attached hydrogens (primary N) is 1. The van der Waals surface area contributed by atoms with Crippen molar-refractivity contribution in [2.24, 2.45) is 0 Å². The second-order valence-corrected chi connectivity index (χ2v) is 7.05. The fourth-order valence-electron chi connectivity index (χ4n) is 2.40. The summed E-state index contributed by atoms with van der Waals surface area (Å²) >= 11 is 2.79. The quantitative estimate of drug-likeness (QED) is 0.706. The minimum Gasteiger partial charge on any atom is -0.286 e. The number of halogens is 1. The van der Waals surface area contributed by atoms with Crippen molar-refractivity contribution in [3.63, 3.8) is 0 Å². The lowest BCUT2D eigenvalue weighted by atomic mass is 10.0. The summed E-state index contributed by atoms with van der Waals surface area (Å²) in [5.41, 5.74) is 7.96. The first kappa shape index (κ1) is 17.0. The first-order valence-corrected chi connectivity index (χ1v) is 9.10. The van der Waals surface area contributed by atoms with Gasteiger partial charge in [-0.25, -0.2) is 9.37 Å². The summed E-state index contributed by atoms with van der Waals surface area (Å²) < 4.78 is 13.3. The van der Waals surface area contributed by atoms with Crippen LogP contribution in [0.3, 0.4) is 0 Å². The van der Waals surface area contributed by atoms with Crippen LogP contribution in [0, 0.1) is 28.5 Å². The van der Waals surface area contributed by atoms with Crippen molar-refractivity contribution in [3.05, 3.63) is 64.3 Å². The molecule has 0 atom stereocenters. The normalized spacial score (nSPS) is 10.2. The van der Waals surface area contributed by atoms with E-state index in [0.29, 0.717) is 21.9 Å². The van der Waals surface area contributed by atoms with Crippen molar-refractivity contribution in [3.8, 4) is 22.6 Å². The Morgan fingerprint density at radius 2 is 1.96 bits per heavy atom. The second kappa shape index (κ2) is 7.35. The Hall–Kier alpha value is -2.87. The maximum absolute atomic E-state index is 13.3. The highest BCUT2D eigenvalue weighted by molar-refractivity contribution is 7.98. The van der Waals surface area contributed by atoms with E-state index in [1.54, 1.807) is 6.07 Å². The van der Waals surface area contributed by atoms with E-state index in [4.69, 9.17) is 5.73 Å². The molecule has 4 nitrogen and oxygen atoms in total. The van der Waals surface area contributed by atoms with Gasteiger partial charge in [0.05, 0.1) is 0 Å². The van der Waals surface area contributed by atoms with Gasteiger partial charge in [0.15, 0.2) is 10.6 Å². The fraction of sp³-hybridized carbons (Fsp3) is 0.0556. The standard InChI is InChI=1S/C18H11FN4S2/c19-12-4-1-3-11(7-12)10-25-18-14(9-21)16(15-5-2-6-24-15)13(8-20)17(22)23-18/h1-7H,10H2,(H2,22,23)/p+1. The van der Waals surface area contributed by atoms with Crippen LogP contribution in [0.15, 0.2) is 46.8 Å². The number of benzene rings is 1. The van der Waals surface area contributed by atoms with E-state index in [9.17, 15) is 14.9 Å². The van der Waals surface area contributed by atoms with Crippen LogP contribution in [-0.4, -0.2) is 0 Å². The molecule has 122 valence electrons. The van der Waals surface area contributed by atoms with Gasteiger partial charge in [-0.2, -0.15) is 10.5 Å². The Labute approximate surface area is 152 Å². The molecule has 0 amide bonds. The van der Waals surface area contributed by atoms with E-state index in [0.717, 1.165) is 10.4 Å². The van der Waals surface area contributed by atoms with E-state index >= 15 is 0 Å². The highest BCUT2D eigenvalue weighted by Crippen LogP contribution is 2.36. The van der Waals surface area contributed by atoms with Crippen LogP contribution in [0.25, 0.3) is 10.4 Å². The third kappa shape index (κ3) is 3.48. The van der Waals surface area contributed by atoms with Crippen molar-refractivity contribution in [1.82, 2.24) is 0 Å². The van der Waals surface area contributed by atoms with Crippen molar-refractivity contribution >= 4 is 28.9 Å². The van der Waals surface area contributed by atoms with Crippen molar-refractivity contribution < 1.29 is 9.37 Å². The Bertz CT molecular complexity index is 1000. The summed E-state index contributed by atoms with van der Waals surface area (Å²) in [6, 6.07) is 14.3. The molecule has 3 aromatic rings. The minimum atomic E-state index is -0.304. The lowest BCUT2D eigenvalue weighted by Gasteiger charge is -2.08. The van der Waals surface area contributed by atoms with Gasteiger partial charge in [0.2, 0.25) is 0 Å². The Balaban J connectivity index is 2.06. The average Bonchev–Trinajstić information content (AvgIpc) is 3.13. The van der Waals surface area contributed by atoms with Crippen LogP contribution < -0.4 is 10.7 Å². The van der Waals surface area contributed by atoms with Gasteiger partial charge in [-0.05, 0) is 29.1 Å². The molecule has 2 aromatic heterocycles. The molecule has 7 heteroatoms. The van der Waals surface area contributed by atoms with Crippen LogP contribution >= 0.6 is 23.1 Å². The third-order valence-electron chi connectivity index (χ3n) is 3.51. The highest BCUT2D eigenvalue weighted by Gasteiger charge is 2.24. The van der Waals surface area contributed by atoms with E-state index in [1.807, 2.05) is 23.6 Å². The summed E-state index contributed by atoms with van der Waals surface area (Å²) in [7, 11) is 0. The number of nitrogens with one attached hydrogen (secondary N) is 1. The number of nitrogen functional groups attached to an aromatic ring is 1. The van der Waals surface area contributed by atoms with Crippen molar-refractivity contribution in [2.45, 2.75) is 10.8 Å². The summed E-state index contributed by atoms with van der Waals surface area (Å²) in [4.78, 5) is 3.75. The van der Waals surface area contributed by atoms with Gasteiger partial charge in [-0.3, -0.25) is 5.73 Å². The zero-order valence-electron chi connectivity index (χ0n) is 12.9. The number of thiophene rings is 1. The molecule has 0 aliphatic carbocycles. The molecule has 0 radical (unpaired) electrons. The second-order valence-electron chi connectivity index (χ2n) is 5.11. The number of aromatic nitrogens is 1. The Morgan fingerprint density at radius 3 is 2.60 bits per heavy atom. The lowest BCUT2D eigenvalue weighted by Crippen LogP contribution is -2.18. The van der Waals surface area contributed by atoms with E-state index < -0.39 is 0 Å². The molecule has 3 N–H and O–H groups in total. The molecule has 0 unspecified atom stereocenters. The smallest absolute Gasteiger partial charge is 0.286 e. The molecule has 0 saturated heterocycles. The number of thioether (sulfide) groups is 1. The lowest BCUT2D eigenvalue weighted by molar-refractivity contribution is -0.410. The third-order valence-corrected chi connectivity index (χ3v) is 5.47. The molecule has 0 aliphatic heterocycles. The molecule has 0 fully saturated rings. The van der Waals surface area contributed by atoms with E-state index in [1.165, 1.54) is 35.2 Å². The SMILES string of the molecule is N#Cc1c(N)[nH+]c(SCc2cccc(F)c2)c(C#N)c1-c1cccs1. The first-order valence-electron chi connectivity index (χ1n) is 7.24. The predicted octanol–water partition coefficient (Wildman–Crippen LogP) is 3.99. The van der Waals surface area contributed by atoms with Crippen molar-refractivity contribution in [2.75, 3.05) is 5.73 Å². The van der Waals surface area contributed by atoms with Gasteiger partial charge in [0, 0.05) is 16.2 Å². The number of anilines is 1. The first-order chi connectivity index (χ1) is 12.1. The molecule has 1 aromatic carbocycles. The van der Waals surface area contributed by atoms with Gasteiger partial charge >= 0.3 is 0 Å². The highest BCUT2D eigenvalue weighted by atomic mass is 32.2. The molecule has 2 heterocycles. The molecular formula is C18H12FN4S2+. The number of rotatable bonds is 4. The summed E-state index contributed by atoms with van der Waals surface area (Å²) in [5.74, 6) is 0.380. The predicted molar refractivity (Wildman–Crippen MR) is 96.1 cm³/mol. The number of pyridine rings is 1. The monoisotopic (exact) mass is 367 g/mol. The number of nitrogens with zero attached hydrogens (tertiary/aromatic N) is 2. The topological polar surface area (TPSA) is 87.7 Å². The number of aromatic amines is 1.